The molecule has 0 amide bonds. The third-order valence-corrected chi connectivity index (χ3v) is 35.2. The number of fused-ring (bicyclic) bond motifs is 27. The average Bonchev–Trinajstić information content (AvgIpc) is 1.43. The summed E-state index contributed by atoms with van der Waals surface area (Å²) in [4.78, 5) is 32.8. The first-order chi connectivity index (χ1) is 69.2. The van der Waals surface area contributed by atoms with Crippen molar-refractivity contribution in [3.63, 3.8) is 0 Å². The minimum Gasteiger partial charge on any atom is -0.456 e. The fourth-order valence-corrected chi connectivity index (χ4v) is 25.2. The van der Waals surface area contributed by atoms with Crippen molar-refractivity contribution in [3.8, 4) is 135 Å². The molecule has 0 unspecified atom stereocenters. The molecule has 0 radical (unpaired) electrons. The molecule has 0 fully saturated rings. The molecule has 4 heterocycles. The van der Waals surface area contributed by atoms with Gasteiger partial charge in [0.2, 0.25) is 0 Å². The summed E-state index contributed by atoms with van der Waals surface area (Å²) < 4.78 is 12.6. The van der Waals surface area contributed by atoms with Crippen LogP contribution in [0.5, 0.6) is 0 Å². The van der Waals surface area contributed by atoms with E-state index >= 15 is 0 Å². The minimum atomic E-state index is -0.221. The molecule has 9 heteroatoms. The van der Waals surface area contributed by atoms with Crippen molar-refractivity contribution in [1.29, 1.82) is 0 Å². The zero-order valence-corrected chi connectivity index (χ0v) is 85.2. The number of rotatable bonds is 9. The SMILES string of the molecule is CC1(C)c2cc(-c3nc(-c4ccccc4)nc(-c4cccc5oc6ccccc6c45)n3)ccc2-c2c1ccc1c2-c2ccccc2C(C)(C)C1(C)C.CC1(C)c2cc(-c3nc(-c4ccccc4)nc(-c4ccccc4)n3)ccc2-c2c1ccc1c2-c2ccccc2C(C)(C)C1(C)C.CC1(C)c2cc(N(c3ccccc3)c3ccc4c(c3)oc3ccccc34)ccc2-c2c1ccc1c2-c2ccccc2C(C)(C)C1(C)C. The van der Waals surface area contributed by atoms with Crippen molar-refractivity contribution in [2.45, 2.75) is 173 Å². The lowest BCUT2D eigenvalue weighted by Gasteiger charge is -2.49. The molecule has 6 aliphatic rings. The van der Waals surface area contributed by atoms with E-state index in [2.05, 4.69) is 403 Å². The van der Waals surface area contributed by atoms with E-state index in [0.717, 1.165) is 94.3 Å². The Kier molecular flexibility index (Phi) is 19.9. The summed E-state index contributed by atoms with van der Waals surface area (Å²) in [6.45, 7) is 43.1. The molecule has 9 nitrogen and oxygen atoms in total. The Bertz CT molecular complexity index is 8850. The van der Waals surface area contributed by atoms with Gasteiger partial charge in [-0.15, -0.1) is 0 Å². The fourth-order valence-electron chi connectivity index (χ4n) is 25.2. The lowest BCUT2D eigenvalue weighted by molar-refractivity contribution is 0.299. The van der Waals surface area contributed by atoms with E-state index < -0.39 is 0 Å². The summed E-state index contributed by atoms with van der Waals surface area (Å²) >= 11 is 0. The third kappa shape index (κ3) is 13.2. The van der Waals surface area contributed by atoms with Crippen LogP contribution in [0, 0.1) is 0 Å². The van der Waals surface area contributed by atoms with Gasteiger partial charge in [0.15, 0.2) is 34.9 Å². The van der Waals surface area contributed by atoms with Gasteiger partial charge in [0.05, 0.1) is 0 Å². The van der Waals surface area contributed by atoms with E-state index in [1.807, 2.05) is 97.1 Å². The lowest BCUT2D eigenvalue weighted by Crippen LogP contribution is -2.43. The summed E-state index contributed by atoms with van der Waals surface area (Å²) in [6, 6.07) is 133. The molecule has 0 bridgehead atoms. The highest BCUT2D eigenvalue weighted by Gasteiger charge is 2.53. The Hall–Kier alpha value is -15.8. The van der Waals surface area contributed by atoms with Crippen LogP contribution in [0.1, 0.15) is 191 Å². The highest BCUT2D eigenvalue weighted by Crippen LogP contribution is 2.66. The minimum absolute atomic E-state index is 0.00273. The Morgan fingerprint density at radius 3 is 0.889 bits per heavy atom. The van der Waals surface area contributed by atoms with Crippen molar-refractivity contribution in [2.75, 3.05) is 4.90 Å². The number of benzene rings is 17. The molecular weight excluding hydrogens is 1750 g/mol. The van der Waals surface area contributed by atoms with Crippen LogP contribution < -0.4 is 4.90 Å². The van der Waals surface area contributed by atoms with Gasteiger partial charge in [0.1, 0.15) is 22.3 Å². The molecule has 4 aromatic heterocycles. The molecule has 6 aliphatic carbocycles. The van der Waals surface area contributed by atoms with Crippen LogP contribution in [-0.4, -0.2) is 29.9 Å². The van der Waals surface area contributed by atoms with E-state index in [9.17, 15) is 0 Å². The number of anilines is 3. The molecule has 0 spiro atoms. The van der Waals surface area contributed by atoms with Crippen molar-refractivity contribution < 1.29 is 8.83 Å². The predicted octanol–water partition coefficient (Wildman–Crippen LogP) is 35.3. The quantitative estimate of drug-likeness (QED) is 0.140. The Balaban J connectivity index is 0.000000113. The normalized spacial score (nSPS) is 16.2. The molecule has 0 N–H and O–H groups in total. The summed E-state index contributed by atoms with van der Waals surface area (Å²) in [5.41, 5.74) is 44.9. The van der Waals surface area contributed by atoms with Crippen LogP contribution >= 0.6 is 0 Å². The fraction of sp³-hybridized carbons (Fsp3) is 0.200. The standard InChI is InChI=1S/C48H39N3O.C45H39NO.C42H37N3/c1-46(2)35-25-26-36-42(30-17-10-12-20-34(30)47(3,4)48(36,5)6)41(35)31-24-23-29(27-37(31)46)44-49-43(28-15-8-7-9-16-28)50-45(51-44)33-19-14-22-39-40(33)32-18-11-13-21-38(32)52-39;1-43(2)36-24-25-37-42(33-17-10-12-18-35(33)44(3,4)45(37,5)6)41(36)34-23-21-29(26-38(34)43)46(28-14-8-7-9-15-28)30-20-22-32-31-16-11-13-19-39(31)47-40(32)27-30;1-40(2)32-23-24-33-36(29-19-13-14-20-31(29)41(3,4)42(33,5)6)35(32)30-22-21-28(25-34(30)40)39-44-37(26-15-9-7-10-16-26)43-38(45-39)27-17-11-8-12-18-27/h7-27H,1-6H3;7-27H,1-6H3;7-25H,1-6H3. The van der Waals surface area contributed by atoms with E-state index in [-0.39, 0.29) is 48.7 Å². The van der Waals surface area contributed by atoms with Crippen LogP contribution in [-0.2, 0) is 48.7 Å². The highest BCUT2D eigenvalue weighted by molar-refractivity contribution is 6.12. The first kappa shape index (κ1) is 89.5. The van der Waals surface area contributed by atoms with Crippen LogP contribution in [0.15, 0.2) is 379 Å². The average molecular weight is 1870 g/mol. The Labute approximate surface area is 844 Å². The van der Waals surface area contributed by atoms with E-state index in [0.29, 0.717) is 34.9 Å². The summed E-state index contributed by atoms with van der Waals surface area (Å²) in [6.07, 6.45) is 0. The maximum absolute atomic E-state index is 6.35. The first-order valence-electron chi connectivity index (χ1n) is 50.9. The van der Waals surface area contributed by atoms with Crippen LogP contribution in [0.25, 0.3) is 179 Å². The zero-order chi connectivity index (χ0) is 99.0. The van der Waals surface area contributed by atoms with Gasteiger partial charge in [0.25, 0.3) is 0 Å². The number of aromatic nitrogens is 6. The highest BCUT2D eigenvalue weighted by atomic mass is 16.3. The van der Waals surface area contributed by atoms with E-state index in [4.69, 9.17) is 38.7 Å². The predicted molar refractivity (Wildman–Crippen MR) is 595 cm³/mol. The second kappa shape index (κ2) is 32.1. The second-order valence-corrected chi connectivity index (χ2v) is 45.2. The van der Waals surface area contributed by atoms with Crippen molar-refractivity contribution in [3.05, 3.63) is 437 Å². The molecule has 0 aliphatic heterocycles. The van der Waals surface area contributed by atoms with Gasteiger partial charge in [-0.05, 0) is 233 Å². The molecule has 21 aromatic rings. The molecule has 0 saturated heterocycles. The number of para-hydroxylation sites is 3. The Morgan fingerprint density at radius 2 is 0.458 bits per heavy atom. The maximum Gasteiger partial charge on any atom is 0.164 e. The summed E-state index contributed by atoms with van der Waals surface area (Å²) in [5, 5.41) is 4.34. The summed E-state index contributed by atoms with van der Waals surface area (Å²) in [7, 11) is 0. The Morgan fingerprint density at radius 1 is 0.174 bits per heavy atom. The van der Waals surface area contributed by atoms with E-state index in [1.165, 1.54) is 134 Å². The molecule has 702 valence electrons. The molecule has 0 atom stereocenters. The van der Waals surface area contributed by atoms with Crippen LogP contribution in [0.4, 0.5) is 17.1 Å². The number of hydrogen-bond acceptors (Lipinski definition) is 9. The van der Waals surface area contributed by atoms with Crippen molar-refractivity contribution in [2.24, 2.45) is 0 Å². The second-order valence-electron chi connectivity index (χ2n) is 45.2. The van der Waals surface area contributed by atoms with Crippen LogP contribution in [0.3, 0.4) is 0 Å². The van der Waals surface area contributed by atoms with Crippen molar-refractivity contribution >= 4 is 60.9 Å². The van der Waals surface area contributed by atoms with Gasteiger partial charge in [0, 0.05) is 94.3 Å². The topological polar surface area (TPSA) is 107 Å². The molecule has 27 rings (SSSR count). The zero-order valence-electron chi connectivity index (χ0n) is 85.2. The molecule has 144 heavy (non-hydrogen) atoms. The molecule has 0 saturated carbocycles. The number of nitrogens with zero attached hydrogens (tertiary/aromatic N) is 7. The van der Waals surface area contributed by atoms with Gasteiger partial charge in [-0.3, -0.25) is 0 Å². The largest absolute Gasteiger partial charge is 0.456 e. The lowest BCUT2D eigenvalue weighted by atomic mass is 9.54. The van der Waals surface area contributed by atoms with Crippen molar-refractivity contribution in [1.82, 2.24) is 29.9 Å². The third-order valence-electron chi connectivity index (χ3n) is 35.2. The van der Waals surface area contributed by atoms with Gasteiger partial charge in [-0.25, -0.2) is 29.9 Å². The van der Waals surface area contributed by atoms with E-state index in [1.54, 1.807) is 0 Å². The number of furan rings is 2. The van der Waals surface area contributed by atoms with Gasteiger partial charge in [-0.1, -0.05) is 422 Å². The molecule has 17 aromatic carbocycles. The monoisotopic (exact) mass is 1870 g/mol. The smallest absolute Gasteiger partial charge is 0.164 e. The van der Waals surface area contributed by atoms with Crippen LogP contribution in [0.2, 0.25) is 0 Å². The van der Waals surface area contributed by atoms with Gasteiger partial charge >= 0.3 is 0 Å². The molecular formula is C135H115N7O2. The number of hydrogen-bond donors (Lipinski definition) is 0. The van der Waals surface area contributed by atoms with Gasteiger partial charge in [-0.2, -0.15) is 0 Å². The van der Waals surface area contributed by atoms with Gasteiger partial charge < -0.3 is 13.7 Å². The summed E-state index contributed by atoms with van der Waals surface area (Å²) in [5.74, 6) is 3.96. The maximum atomic E-state index is 6.35. The first-order valence-corrected chi connectivity index (χ1v) is 50.9.